The van der Waals surface area contributed by atoms with Gasteiger partial charge >= 0.3 is 0 Å². The summed E-state index contributed by atoms with van der Waals surface area (Å²) < 4.78 is 0. The number of hydrogen-bond acceptors (Lipinski definition) is 1. The number of anilines is 1. The van der Waals surface area contributed by atoms with E-state index < -0.39 is 0 Å². The summed E-state index contributed by atoms with van der Waals surface area (Å²) in [5.41, 5.74) is 6.11. The predicted molar refractivity (Wildman–Crippen MR) is 97.4 cm³/mol. The normalized spacial score (nSPS) is 21.9. The Morgan fingerprint density at radius 1 is 0.957 bits per heavy atom. The van der Waals surface area contributed by atoms with Crippen molar-refractivity contribution in [2.75, 3.05) is 11.4 Å². The van der Waals surface area contributed by atoms with Crippen molar-refractivity contribution in [1.29, 1.82) is 0 Å². The van der Waals surface area contributed by atoms with E-state index in [2.05, 4.69) is 72.5 Å². The van der Waals surface area contributed by atoms with Crippen molar-refractivity contribution in [2.24, 2.45) is 0 Å². The van der Waals surface area contributed by atoms with Crippen LogP contribution in [0.2, 0.25) is 0 Å². The van der Waals surface area contributed by atoms with Crippen LogP contribution in [0, 0.1) is 0 Å². The van der Waals surface area contributed by atoms with Gasteiger partial charge in [-0.25, -0.2) is 0 Å². The van der Waals surface area contributed by atoms with E-state index in [1.165, 1.54) is 29.3 Å². The molecule has 1 aliphatic heterocycles. The first-order valence-electron chi connectivity index (χ1n) is 8.73. The molecule has 0 radical (unpaired) electrons. The van der Waals surface area contributed by atoms with Crippen molar-refractivity contribution in [3.63, 3.8) is 0 Å². The molecule has 0 aromatic heterocycles. The average Bonchev–Trinajstić information content (AvgIpc) is 2.61. The molecular formula is C22H21N. The van der Waals surface area contributed by atoms with Gasteiger partial charge in [-0.1, -0.05) is 54.6 Å². The highest BCUT2D eigenvalue weighted by Gasteiger charge is 2.38. The first-order chi connectivity index (χ1) is 11.4. The minimum absolute atomic E-state index is 0.550. The predicted octanol–water partition coefficient (Wildman–Crippen LogP) is 5.13. The van der Waals surface area contributed by atoms with Gasteiger partial charge in [0.2, 0.25) is 0 Å². The van der Waals surface area contributed by atoms with Gasteiger partial charge in [0, 0.05) is 24.2 Å². The molecule has 3 aromatic rings. The van der Waals surface area contributed by atoms with Gasteiger partial charge in [-0.15, -0.1) is 0 Å². The van der Waals surface area contributed by atoms with Gasteiger partial charge in [0.25, 0.3) is 0 Å². The third kappa shape index (κ3) is 1.80. The molecule has 1 heteroatoms. The molecular weight excluding hydrogens is 278 g/mol. The van der Waals surface area contributed by atoms with Gasteiger partial charge in [0.15, 0.2) is 0 Å². The zero-order valence-electron chi connectivity index (χ0n) is 13.5. The van der Waals surface area contributed by atoms with E-state index in [1.54, 1.807) is 16.7 Å². The van der Waals surface area contributed by atoms with Crippen molar-refractivity contribution < 1.29 is 0 Å². The molecule has 2 aliphatic rings. The van der Waals surface area contributed by atoms with Crippen molar-refractivity contribution in [3.8, 4) is 0 Å². The number of fused-ring (bicyclic) bond motifs is 8. The molecule has 0 amide bonds. The number of likely N-dealkylation sites (N-methyl/N-ethyl adjacent to an activating group) is 1. The maximum atomic E-state index is 2.63. The topological polar surface area (TPSA) is 3.24 Å². The Morgan fingerprint density at radius 2 is 1.78 bits per heavy atom. The average molecular weight is 299 g/mol. The van der Waals surface area contributed by atoms with Crippen LogP contribution in [0.15, 0.2) is 60.7 Å². The maximum absolute atomic E-state index is 2.63. The molecule has 23 heavy (non-hydrogen) atoms. The third-order valence-electron chi connectivity index (χ3n) is 5.78. The summed E-state index contributed by atoms with van der Waals surface area (Å²) in [4.78, 5) is 2.63. The van der Waals surface area contributed by atoms with Gasteiger partial charge in [-0.2, -0.15) is 0 Å². The molecule has 1 nitrogen and oxygen atoms in total. The SMILES string of the molecule is CCN1c2ccc3ccccc3c2C2CC1Cc1ccccc12. The molecule has 0 fully saturated rings. The van der Waals surface area contributed by atoms with Crippen LogP contribution in [0.5, 0.6) is 0 Å². The minimum Gasteiger partial charge on any atom is -0.368 e. The van der Waals surface area contributed by atoms with E-state index in [0.717, 1.165) is 6.54 Å². The summed E-state index contributed by atoms with van der Waals surface area (Å²) in [6.07, 6.45) is 2.44. The highest BCUT2D eigenvalue weighted by molar-refractivity contribution is 5.92. The van der Waals surface area contributed by atoms with Crippen LogP contribution in [0.3, 0.4) is 0 Å². The highest BCUT2D eigenvalue weighted by Crippen LogP contribution is 2.49. The Morgan fingerprint density at radius 3 is 2.70 bits per heavy atom. The number of hydrogen-bond donors (Lipinski definition) is 0. The van der Waals surface area contributed by atoms with Gasteiger partial charge in [0.05, 0.1) is 0 Å². The fraction of sp³-hybridized carbons (Fsp3) is 0.273. The Labute approximate surface area is 137 Å². The maximum Gasteiger partial charge on any atom is 0.0414 e. The van der Waals surface area contributed by atoms with Gasteiger partial charge in [-0.05, 0) is 53.3 Å². The Kier molecular flexibility index (Phi) is 2.78. The van der Waals surface area contributed by atoms with E-state index in [9.17, 15) is 0 Å². The van der Waals surface area contributed by atoms with Crippen LogP contribution in [0.4, 0.5) is 5.69 Å². The summed E-state index contributed by atoms with van der Waals surface area (Å²) in [5.74, 6) is 0.550. The first kappa shape index (κ1) is 13.2. The lowest BCUT2D eigenvalue weighted by Crippen LogP contribution is -2.44. The molecule has 2 unspecified atom stereocenters. The standard InChI is InChI=1S/C22H21N/c1-2-23-17-13-16-8-4-5-9-18(16)20(14-17)22-19-10-6-3-7-15(19)11-12-21(22)23/h3-12,17,20H,2,13-14H2,1H3. The molecule has 2 bridgehead atoms. The van der Waals surface area contributed by atoms with Crippen LogP contribution < -0.4 is 4.90 Å². The lowest BCUT2D eigenvalue weighted by molar-refractivity contribution is 0.472. The van der Waals surface area contributed by atoms with E-state index in [1.807, 2.05) is 0 Å². The van der Waals surface area contributed by atoms with Crippen LogP contribution in [-0.2, 0) is 6.42 Å². The lowest BCUT2D eigenvalue weighted by Gasteiger charge is -2.46. The molecule has 5 rings (SSSR count). The molecule has 114 valence electrons. The molecule has 1 aliphatic carbocycles. The lowest BCUT2D eigenvalue weighted by atomic mass is 9.71. The fourth-order valence-corrected chi connectivity index (χ4v) is 4.83. The van der Waals surface area contributed by atoms with Crippen LogP contribution in [0.25, 0.3) is 10.8 Å². The minimum atomic E-state index is 0.550. The molecule has 0 saturated carbocycles. The van der Waals surface area contributed by atoms with Gasteiger partial charge in [-0.3, -0.25) is 0 Å². The number of nitrogens with zero attached hydrogens (tertiary/aromatic N) is 1. The summed E-state index contributed by atoms with van der Waals surface area (Å²) in [5, 5.41) is 2.80. The Hall–Kier alpha value is -2.28. The Balaban J connectivity index is 1.85. The first-order valence-corrected chi connectivity index (χ1v) is 8.73. The van der Waals surface area contributed by atoms with Crippen molar-refractivity contribution in [1.82, 2.24) is 0 Å². The molecule has 3 aromatic carbocycles. The van der Waals surface area contributed by atoms with E-state index in [-0.39, 0.29) is 0 Å². The molecule has 2 atom stereocenters. The smallest absolute Gasteiger partial charge is 0.0414 e. The van der Waals surface area contributed by atoms with Gasteiger partial charge in [0.1, 0.15) is 0 Å². The quantitative estimate of drug-likeness (QED) is 0.602. The zero-order valence-corrected chi connectivity index (χ0v) is 13.5. The van der Waals surface area contributed by atoms with Crippen molar-refractivity contribution >= 4 is 16.5 Å². The van der Waals surface area contributed by atoms with Crippen molar-refractivity contribution in [2.45, 2.75) is 31.7 Å². The third-order valence-corrected chi connectivity index (χ3v) is 5.78. The summed E-state index contributed by atoms with van der Waals surface area (Å²) >= 11 is 0. The Bertz CT molecular complexity index is 895. The van der Waals surface area contributed by atoms with Crippen LogP contribution >= 0.6 is 0 Å². The zero-order chi connectivity index (χ0) is 15.4. The van der Waals surface area contributed by atoms with E-state index in [0.29, 0.717) is 12.0 Å². The molecule has 0 spiro atoms. The monoisotopic (exact) mass is 299 g/mol. The number of benzene rings is 3. The molecule has 0 N–H and O–H groups in total. The van der Waals surface area contributed by atoms with Crippen LogP contribution in [-0.4, -0.2) is 12.6 Å². The summed E-state index contributed by atoms with van der Waals surface area (Å²) in [6.45, 7) is 3.38. The second-order valence-corrected chi connectivity index (χ2v) is 6.85. The second-order valence-electron chi connectivity index (χ2n) is 6.85. The van der Waals surface area contributed by atoms with Gasteiger partial charge < -0.3 is 4.90 Å². The largest absolute Gasteiger partial charge is 0.368 e. The van der Waals surface area contributed by atoms with Crippen molar-refractivity contribution in [3.05, 3.63) is 77.4 Å². The highest BCUT2D eigenvalue weighted by atomic mass is 15.2. The summed E-state index contributed by atoms with van der Waals surface area (Å²) in [7, 11) is 0. The second kappa shape index (κ2) is 4.86. The van der Waals surface area contributed by atoms with Crippen LogP contribution in [0.1, 0.15) is 36.0 Å². The fourth-order valence-electron chi connectivity index (χ4n) is 4.83. The molecule has 1 heterocycles. The van der Waals surface area contributed by atoms with E-state index >= 15 is 0 Å². The van der Waals surface area contributed by atoms with E-state index in [4.69, 9.17) is 0 Å². The molecule has 0 saturated heterocycles. The summed E-state index contributed by atoms with van der Waals surface area (Å²) in [6, 6.07) is 23.3. The number of rotatable bonds is 1.